The molecule has 36 heavy (non-hydrogen) atoms. The van der Waals surface area contributed by atoms with Crippen LogP contribution >= 0.6 is 22.6 Å². The lowest BCUT2D eigenvalue weighted by Crippen LogP contribution is -2.34. The molecule has 6 heteroatoms. The van der Waals surface area contributed by atoms with E-state index in [4.69, 9.17) is 5.11 Å². The van der Waals surface area contributed by atoms with Crippen LogP contribution in [0.15, 0.2) is 0 Å². The van der Waals surface area contributed by atoms with Crippen molar-refractivity contribution in [2.45, 2.75) is 166 Å². The number of likely N-dealkylation sites (N-methyl/N-ethyl adjacent to an activating group) is 1. The Balaban J connectivity index is 1.80. The van der Waals surface area contributed by atoms with E-state index in [1.807, 2.05) is 22.6 Å². The summed E-state index contributed by atoms with van der Waals surface area (Å²) in [6.45, 7) is 4.03. The number of aliphatic carboxylic acids is 1. The highest BCUT2D eigenvalue weighted by Gasteiger charge is 2.40. The normalized spacial score (nSPS) is 15.2. The zero-order chi connectivity index (χ0) is 26.3. The van der Waals surface area contributed by atoms with Crippen molar-refractivity contribution in [3.63, 3.8) is 0 Å². The van der Waals surface area contributed by atoms with Crippen molar-refractivity contribution in [2.24, 2.45) is 0 Å². The largest absolute Gasteiger partial charge is 0.481 e. The maximum Gasteiger partial charge on any atom is 0.303 e. The first-order chi connectivity index (χ1) is 17.5. The Hall–Kier alpha value is -0.210. The molecule has 1 atom stereocenters. The van der Waals surface area contributed by atoms with Gasteiger partial charge >= 0.3 is 5.97 Å². The summed E-state index contributed by atoms with van der Waals surface area (Å²) in [4.78, 5) is 22.1. The number of unbranched alkanes of at least 4 members (excludes halogenated alkanes) is 16. The number of carbonyl (C=O) groups excluding carboxylic acids is 1. The number of halogens is 1. The molecule has 1 aliphatic rings. The van der Waals surface area contributed by atoms with Gasteiger partial charge in [0.25, 0.3) is 0 Å². The molecule has 0 heterocycles. The zero-order valence-electron chi connectivity index (χ0n) is 23.4. The van der Waals surface area contributed by atoms with E-state index in [1.54, 1.807) is 0 Å². The molecule has 1 unspecified atom stereocenters. The minimum Gasteiger partial charge on any atom is -0.481 e. The fraction of sp³-hybridized carbons (Fsp3) is 0.933. The first kappa shape index (κ1) is 33.8. The van der Waals surface area contributed by atoms with E-state index in [0.717, 1.165) is 38.8 Å². The van der Waals surface area contributed by atoms with Gasteiger partial charge in [0.05, 0.1) is 6.04 Å². The van der Waals surface area contributed by atoms with E-state index in [2.05, 4.69) is 17.6 Å². The van der Waals surface area contributed by atoms with Gasteiger partial charge in [0.2, 0.25) is 3.79 Å². The Kier molecular flexibility index (Phi) is 21.4. The van der Waals surface area contributed by atoms with Crippen molar-refractivity contribution in [1.29, 1.82) is 0 Å². The third-order valence-electron chi connectivity index (χ3n) is 7.79. The third kappa shape index (κ3) is 19.8. The van der Waals surface area contributed by atoms with E-state index < -0.39 is 5.97 Å². The summed E-state index contributed by atoms with van der Waals surface area (Å²) in [5, 5.41) is 15.8. The van der Waals surface area contributed by atoms with Gasteiger partial charge in [-0.3, -0.25) is 9.59 Å². The lowest BCUT2D eigenvalue weighted by Gasteiger charge is -2.18. The van der Waals surface area contributed by atoms with Gasteiger partial charge < -0.3 is 15.7 Å². The molecule has 0 aromatic carbocycles. The molecule has 1 saturated carbocycles. The summed E-state index contributed by atoms with van der Waals surface area (Å²) < 4.78 is 0.243. The van der Waals surface area contributed by atoms with E-state index in [1.165, 1.54) is 116 Å². The molecule has 0 spiro atoms. The highest BCUT2D eigenvalue weighted by atomic mass is 127. The summed E-state index contributed by atoms with van der Waals surface area (Å²) in [5.41, 5.74) is 0.459. The predicted octanol–water partition coefficient (Wildman–Crippen LogP) is 8.33. The average molecular weight is 621 g/mol. The van der Waals surface area contributed by atoms with Gasteiger partial charge in [-0.1, -0.05) is 110 Å². The van der Waals surface area contributed by atoms with Crippen LogP contribution in [0.2, 0.25) is 0 Å². The van der Waals surface area contributed by atoms with Crippen LogP contribution in [0.3, 0.4) is 0 Å². The summed E-state index contributed by atoms with van der Waals surface area (Å²) in [5.74, 6) is -0.658. The molecule has 3 N–H and O–H groups in total. The van der Waals surface area contributed by atoms with Crippen LogP contribution in [0, 0.1) is 0 Å². The molecule has 0 aromatic heterocycles. The van der Waals surface area contributed by atoms with Crippen molar-refractivity contribution >= 4 is 32.4 Å². The second-order valence-electron chi connectivity index (χ2n) is 11.2. The fourth-order valence-electron chi connectivity index (χ4n) is 5.25. The predicted molar refractivity (Wildman–Crippen MR) is 161 cm³/mol. The highest BCUT2D eigenvalue weighted by molar-refractivity contribution is 14.1. The number of hydrogen-bond donors (Lipinski definition) is 3. The molecule has 1 aliphatic carbocycles. The molecule has 0 aromatic rings. The van der Waals surface area contributed by atoms with Crippen molar-refractivity contribution in [3.8, 4) is 0 Å². The van der Waals surface area contributed by atoms with E-state index >= 15 is 0 Å². The highest BCUT2D eigenvalue weighted by Crippen LogP contribution is 2.40. The third-order valence-corrected chi connectivity index (χ3v) is 8.55. The number of carboxylic acids is 1. The summed E-state index contributed by atoms with van der Waals surface area (Å²) >= 11 is 1.93. The molecule has 212 valence electrons. The van der Waals surface area contributed by atoms with Gasteiger partial charge in [-0.15, -0.1) is 0 Å². The Morgan fingerprint density at radius 2 is 1.22 bits per heavy atom. The average Bonchev–Trinajstić information content (AvgIpc) is 3.61. The Morgan fingerprint density at radius 3 is 1.64 bits per heavy atom. The van der Waals surface area contributed by atoms with E-state index in [-0.39, 0.29) is 9.83 Å². The minimum atomic E-state index is -0.658. The number of nitrogens with one attached hydrogen (secondary N) is 2. The van der Waals surface area contributed by atoms with Crippen LogP contribution in [0.25, 0.3) is 0 Å². The first-order valence-electron chi connectivity index (χ1n) is 15.4. The summed E-state index contributed by atoms with van der Waals surface area (Å²) in [6.07, 6.45) is 28.7. The van der Waals surface area contributed by atoms with Gasteiger partial charge in [0, 0.05) is 34.6 Å². The maximum atomic E-state index is 11.6. The molecule has 1 rings (SSSR count). The lowest BCUT2D eigenvalue weighted by atomic mass is 10.0. The molecule has 1 fully saturated rings. The molecule has 0 amide bonds. The van der Waals surface area contributed by atoms with E-state index in [9.17, 15) is 9.59 Å². The maximum absolute atomic E-state index is 11.6. The quantitative estimate of drug-likeness (QED) is 0.0466. The van der Waals surface area contributed by atoms with Crippen LogP contribution in [-0.2, 0) is 9.59 Å². The monoisotopic (exact) mass is 620 g/mol. The van der Waals surface area contributed by atoms with Gasteiger partial charge in [0.1, 0.15) is 0 Å². The number of carboxylic acid groups (broad SMARTS) is 1. The zero-order valence-corrected chi connectivity index (χ0v) is 25.6. The van der Waals surface area contributed by atoms with Crippen LogP contribution in [0.5, 0.6) is 0 Å². The van der Waals surface area contributed by atoms with Crippen LogP contribution in [-0.4, -0.2) is 39.5 Å². The number of hydrogen-bond acceptors (Lipinski definition) is 4. The molecule has 0 saturated heterocycles. The van der Waals surface area contributed by atoms with Crippen molar-refractivity contribution in [2.75, 3.05) is 13.1 Å². The van der Waals surface area contributed by atoms with Gasteiger partial charge in [-0.2, -0.15) is 0 Å². The topological polar surface area (TPSA) is 78.4 Å². The van der Waals surface area contributed by atoms with Gasteiger partial charge in [-0.25, -0.2) is 0 Å². The molecular weight excluding hydrogens is 563 g/mol. The molecule has 0 aliphatic heterocycles. The smallest absolute Gasteiger partial charge is 0.303 e. The van der Waals surface area contributed by atoms with Crippen LogP contribution in [0.4, 0.5) is 0 Å². The summed E-state index contributed by atoms with van der Waals surface area (Å²) in [6, 6.07) is 0.0376. The van der Waals surface area contributed by atoms with Gasteiger partial charge in [0.15, 0.2) is 0 Å². The molecule has 0 bridgehead atoms. The molecule has 5 nitrogen and oxygen atoms in total. The van der Waals surface area contributed by atoms with Crippen molar-refractivity contribution in [1.82, 2.24) is 10.6 Å². The Labute approximate surface area is 236 Å². The second-order valence-corrected chi connectivity index (χ2v) is 12.2. The Bertz CT molecular complexity index is 554. The van der Waals surface area contributed by atoms with Crippen molar-refractivity contribution in [3.05, 3.63) is 0 Å². The summed E-state index contributed by atoms with van der Waals surface area (Å²) in [7, 11) is 0. The first-order valence-corrected chi connectivity index (χ1v) is 16.5. The molecule has 0 radical (unpaired) electrons. The standard InChI is InChI=1S/C30H57IN2O3/c1-2-32-27(29(31)36)21-18-20-26-33-30(24-25-30)23-19-16-14-12-10-8-6-4-3-5-7-9-11-13-15-17-22-28(34)35/h27,32-33H,2-26H2,1H3,(H,34,35). The van der Waals surface area contributed by atoms with Crippen LogP contribution in [0.1, 0.15) is 155 Å². The Morgan fingerprint density at radius 1 is 0.750 bits per heavy atom. The van der Waals surface area contributed by atoms with E-state index in [0.29, 0.717) is 12.0 Å². The number of rotatable bonds is 28. The van der Waals surface area contributed by atoms with Gasteiger partial charge in [-0.05, 0) is 51.6 Å². The minimum absolute atomic E-state index is 0.0376. The van der Waals surface area contributed by atoms with Crippen molar-refractivity contribution < 1.29 is 14.7 Å². The lowest BCUT2D eigenvalue weighted by molar-refractivity contribution is -0.137. The van der Waals surface area contributed by atoms with Crippen LogP contribution < -0.4 is 10.6 Å². The SMILES string of the molecule is CCNC(CCCCNC1(CCCCCCCCCCCCCCCCCCC(=O)O)CC1)C(=O)I. The number of carbonyl (C=O) groups is 2. The second kappa shape index (κ2) is 22.7. The fourth-order valence-corrected chi connectivity index (χ4v) is 5.78. The molecular formula is C30H57IN2O3.